The molecule has 0 spiro atoms. The molecule has 1 unspecified atom stereocenters. The van der Waals surface area contributed by atoms with E-state index < -0.39 is 11.7 Å². The first-order chi connectivity index (χ1) is 9.16. The predicted octanol–water partition coefficient (Wildman–Crippen LogP) is 4.69. The number of carbonyl (C=O) groups excluding carboxylic acids is 1. The molecule has 0 radical (unpaired) electrons. The molecule has 0 amide bonds. The summed E-state index contributed by atoms with van der Waals surface area (Å²) in [4.78, 5) is 12.3. The Kier molecular flexibility index (Phi) is 6.06. The van der Waals surface area contributed by atoms with E-state index in [0.29, 0.717) is 0 Å². The molecule has 1 atom stereocenters. The van der Waals surface area contributed by atoms with Gasteiger partial charge in [0.25, 0.3) is 0 Å². The Morgan fingerprint density at radius 2 is 1.65 bits per heavy atom. The molecule has 3 heteroatoms. The fourth-order valence-corrected chi connectivity index (χ4v) is 2.19. The standard InChI is InChI=1S/C17H32O3/c1-7-17(5,6)14(18)20-15(16(2,3)4)19-13-11-9-8-10-12-13/h13,15H,7-12H2,1-6H3. The van der Waals surface area contributed by atoms with Crippen LogP contribution in [-0.2, 0) is 14.3 Å². The number of hydrogen-bond donors (Lipinski definition) is 0. The minimum absolute atomic E-state index is 0.157. The summed E-state index contributed by atoms with van der Waals surface area (Å²) in [6.07, 6.45) is 6.46. The third-order valence-electron chi connectivity index (χ3n) is 4.23. The summed E-state index contributed by atoms with van der Waals surface area (Å²) in [5.74, 6) is -0.157. The van der Waals surface area contributed by atoms with Crippen molar-refractivity contribution in [2.45, 2.75) is 92.5 Å². The third kappa shape index (κ3) is 5.08. The number of esters is 1. The van der Waals surface area contributed by atoms with E-state index in [1.807, 2.05) is 20.8 Å². The van der Waals surface area contributed by atoms with Gasteiger partial charge in [-0.15, -0.1) is 0 Å². The molecule has 0 aromatic heterocycles. The lowest BCUT2D eigenvalue weighted by molar-refractivity contribution is -0.228. The Balaban J connectivity index is 2.67. The van der Waals surface area contributed by atoms with E-state index in [2.05, 4.69) is 20.8 Å². The normalized spacial score (nSPS) is 19.7. The van der Waals surface area contributed by atoms with Gasteiger partial charge in [-0.05, 0) is 33.1 Å². The summed E-state index contributed by atoms with van der Waals surface area (Å²) in [6.45, 7) is 12.0. The third-order valence-corrected chi connectivity index (χ3v) is 4.23. The van der Waals surface area contributed by atoms with Crippen LogP contribution in [0.15, 0.2) is 0 Å². The van der Waals surface area contributed by atoms with Crippen LogP contribution in [0.25, 0.3) is 0 Å². The number of ether oxygens (including phenoxy) is 2. The second-order valence-electron chi connectivity index (χ2n) is 7.74. The van der Waals surface area contributed by atoms with Gasteiger partial charge in [0.2, 0.25) is 6.29 Å². The fourth-order valence-electron chi connectivity index (χ4n) is 2.19. The van der Waals surface area contributed by atoms with Crippen LogP contribution in [0.5, 0.6) is 0 Å². The lowest BCUT2D eigenvalue weighted by Crippen LogP contribution is -2.41. The van der Waals surface area contributed by atoms with Gasteiger partial charge in [0, 0.05) is 5.41 Å². The zero-order valence-electron chi connectivity index (χ0n) is 14.1. The van der Waals surface area contributed by atoms with Crippen LogP contribution in [-0.4, -0.2) is 18.4 Å². The molecule has 20 heavy (non-hydrogen) atoms. The molecule has 1 saturated carbocycles. The summed E-state index contributed by atoms with van der Waals surface area (Å²) in [5.41, 5.74) is -0.643. The zero-order valence-corrected chi connectivity index (χ0v) is 14.1. The maximum Gasteiger partial charge on any atom is 0.313 e. The predicted molar refractivity (Wildman–Crippen MR) is 81.4 cm³/mol. The van der Waals surface area contributed by atoms with Crippen molar-refractivity contribution in [1.82, 2.24) is 0 Å². The first-order valence-corrected chi connectivity index (χ1v) is 8.03. The van der Waals surface area contributed by atoms with Crippen molar-refractivity contribution in [1.29, 1.82) is 0 Å². The SMILES string of the molecule is CCC(C)(C)C(=O)OC(OC1CCCCC1)C(C)(C)C. The molecular weight excluding hydrogens is 252 g/mol. The molecule has 1 aliphatic rings. The van der Waals surface area contributed by atoms with Gasteiger partial charge >= 0.3 is 5.97 Å². The average molecular weight is 284 g/mol. The molecule has 0 aromatic carbocycles. The molecule has 0 aliphatic heterocycles. The highest BCUT2D eigenvalue weighted by Crippen LogP contribution is 2.31. The van der Waals surface area contributed by atoms with Crippen molar-refractivity contribution in [2.24, 2.45) is 10.8 Å². The highest BCUT2D eigenvalue weighted by molar-refractivity contribution is 5.75. The molecule has 0 N–H and O–H groups in total. The van der Waals surface area contributed by atoms with Crippen molar-refractivity contribution < 1.29 is 14.3 Å². The molecule has 1 rings (SSSR count). The van der Waals surface area contributed by atoms with Crippen LogP contribution in [0.4, 0.5) is 0 Å². The van der Waals surface area contributed by atoms with Crippen molar-refractivity contribution in [3.63, 3.8) is 0 Å². The van der Waals surface area contributed by atoms with Gasteiger partial charge < -0.3 is 9.47 Å². The van der Waals surface area contributed by atoms with Crippen LogP contribution in [0.1, 0.15) is 80.1 Å². The van der Waals surface area contributed by atoms with E-state index in [1.54, 1.807) is 0 Å². The maximum atomic E-state index is 12.3. The Hall–Kier alpha value is -0.570. The van der Waals surface area contributed by atoms with E-state index in [-0.39, 0.29) is 17.5 Å². The van der Waals surface area contributed by atoms with Gasteiger partial charge in [0.15, 0.2) is 0 Å². The fraction of sp³-hybridized carbons (Fsp3) is 0.941. The summed E-state index contributed by atoms with van der Waals surface area (Å²) in [6, 6.07) is 0. The van der Waals surface area contributed by atoms with E-state index in [9.17, 15) is 4.79 Å². The Labute approximate surface area is 124 Å². The molecule has 118 valence electrons. The monoisotopic (exact) mass is 284 g/mol. The highest BCUT2D eigenvalue weighted by Gasteiger charge is 2.36. The van der Waals surface area contributed by atoms with Gasteiger partial charge in [0.1, 0.15) is 0 Å². The second-order valence-corrected chi connectivity index (χ2v) is 7.74. The molecule has 3 nitrogen and oxygen atoms in total. The maximum absolute atomic E-state index is 12.3. The zero-order chi connectivity index (χ0) is 15.4. The lowest BCUT2D eigenvalue weighted by atomic mass is 9.90. The topological polar surface area (TPSA) is 35.5 Å². The van der Waals surface area contributed by atoms with E-state index >= 15 is 0 Å². The van der Waals surface area contributed by atoms with Crippen LogP contribution in [0.3, 0.4) is 0 Å². The molecule has 0 heterocycles. The summed E-state index contributed by atoms with van der Waals surface area (Å²) < 4.78 is 11.8. The van der Waals surface area contributed by atoms with E-state index in [0.717, 1.165) is 19.3 Å². The van der Waals surface area contributed by atoms with Crippen LogP contribution in [0.2, 0.25) is 0 Å². The Morgan fingerprint density at radius 1 is 1.10 bits per heavy atom. The highest BCUT2D eigenvalue weighted by atomic mass is 16.7. The number of carbonyl (C=O) groups is 1. The Bertz CT molecular complexity index is 309. The van der Waals surface area contributed by atoms with Crippen molar-refractivity contribution >= 4 is 5.97 Å². The minimum Gasteiger partial charge on any atom is -0.435 e. The minimum atomic E-state index is -0.455. The molecule has 0 bridgehead atoms. The van der Waals surface area contributed by atoms with Gasteiger partial charge in [-0.3, -0.25) is 4.79 Å². The van der Waals surface area contributed by atoms with E-state index in [1.165, 1.54) is 19.3 Å². The molecule has 0 saturated heterocycles. The van der Waals surface area contributed by atoms with Crippen molar-refractivity contribution in [3.05, 3.63) is 0 Å². The van der Waals surface area contributed by atoms with Crippen LogP contribution < -0.4 is 0 Å². The van der Waals surface area contributed by atoms with Gasteiger partial charge in [0.05, 0.1) is 11.5 Å². The average Bonchev–Trinajstić information content (AvgIpc) is 2.38. The van der Waals surface area contributed by atoms with Crippen molar-refractivity contribution in [3.8, 4) is 0 Å². The number of hydrogen-bond acceptors (Lipinski definition) is 3. The van der Waals surface area contributed by atoms with Gasteiger partial charge in [-0.25, -0.2) is 0 Å². The largest absolute Gasteiger partial charge is 0.435 e. The summed E-state index contributed by atoms with van der Waals surface area (Å²) in [7, 11) is 0. The Morgan fingerprint density at radius 3 is 2.10 bits per heavy atom. The molecular formula is C17H32O3. The summed E-state index contributed by atoms with van der Waals surface area (Å²) in [5, 5.41) is 0. The molecule has 1 aliphatic carbocycles. The first-order valence-electron chi connectivity index (χ1n) is 8.03. The number of rotatable bonds is 5. The summed E-state index contributed by atoms with van der Waals surface area (Å²) >= 11 is 0. The first kappa shape index (κ1) is 17.5. The van der Waals surface area contributed by atoms with Gasteiger partial charge in [-0.2, -0.15) is 0 Å². The molecule has 1 fully saturated rings. The quantitative estimate of drug-likeness (QED) is 0.543. The smallest absolute Gasteiger partial charge is 0.313 e. The van der Waals surface area contributed by atoms with Crippen LogP contribution >= 0.6 is 0 Å². The lowest BCUT2D eigenvalue weighted by Gasteiger charge is -2.36. The van der Waals surface area contributed by atoms with Crippen LogP contribution in [0, 0.1) is 10.8 Å². The molecule has 0 aromatic rings. The van der Waals surface area contributed by atoms with Gasteiger partial charge in [-0.1, -0.05) is 47.0 Å². The van der Waals surface area contributed by atoms with E-state index in [4.69, 9.17) is 9.47 Å². The second kappa shape index (κ2) is 6.93. The van der Waals surface area contributed by atoms with Crippen molar-refractivity contribution in [2.75, 3.05) is 0 Å².